The summed E-state index contributed by atoms with van der Waals surface area (Å²) in [5, 5.41) is 0.00937. The van der Waals surface area contributed by atoms with E-state index < -0.39 is 9.84 Å². The van der Waals surface area contributed by atoms with Crippen LogP contribution < -0.4 is 4.90 Å². The highest BCUT2D eigenvalue weighted by atomic mass is 32.2. The maximum Gasteiger partial charge on any atom is 0.236 e. The van der Waals surface area contributed by atoms with Crippen LogP contribution in [0, 0.1) is 6.92 Å². The van der Waals surface area contributed by atoms with Gasteiger partial charge in [0.2, 0.25) is 26.6 Å². The number of hydrogen-bond acceptors (Lipinski definition) is 5. The second-order valence-corrected chi connectivity index (χ2v) is 11.0. The summed E-state index contributed by atoms with van der Waals surface area (Å²) in [5.41, 5.74) is 3.01. The smallest absolute Gasteiger partial charge is 0.236 e. The number of anilines is 1. The third kappa shape index (κ3) is 4.89. The minimum absolute atomic E-state index is 0.00937. The first kappa shape index (κ1) is 23.4. The Labute approximate surface area is 207 Å². The number of sulfone groups is 1. The number of hydrogen-bond donors (Lipinski definition) is 0. The van der Waals surface area contributed by atoms with Crippen molar-refractivity contribution in [2.24, 2.45) is 0 Å². The lowest BCUT2D eigenvalue weighted by molar-refractivity contribution is 0.477. The maximum atomic E-state index is 13.9. The molecule has 0 aliphatic carbocycles. The van der Waals surface area contributed by atoms with E-state index in [0.717, 1.165) is 55.5 Å². The van der Waals surface area contributed by atoms with Gasteiger partial charge < -0.3 is 9.32 Å². The average molecular weight is 487 g/mol. The molecule has 6 heteroatoms. The monoisotopic (exact) mass is 486 g/mol. The Morgan fingerprint density at radius 3 is 1.86 bits per heavy atom. The van der Waals surface area contributed by atoms with Crippen LogP contribution in [0.3, 0.4) is 0 Å². The van der Waals surface area contributed by atoms with Crippen LogP contribution in [0.25, 0.3) is 0 Å². The van der Waals surface area contributed by atoms with Gasteiger partial charge in [0.05, 0.1) is 10.8 Å². The Hall–Kier alpha value is -3.38. The summed E-state index contributed by atoms with van der Waals surface area (Å²) < 4.78 is 34.2. The fourth-order valence-corrected chi connectivity index (χ4v) is 6.01. The van der Waals surface area contributed by atoms with Gasteiger partial charge in [-0.15, -0.1) is 0 Å². The van der Waals surface area contributed by atoms with Gasteiger partial charge in [-0.25, -0.2) is 8.42 Å². The topological polar surface area (TPSA) is 63.4 Å². The van der Waals surface area contributed by atoms with Crippen molar-refractivity contribution in [1.82, 2.24) is 4.98 Å². The fourth-order valence-electron chi connectivity index (χ4n) is 4.68. The zero-order valence-electron chi connectivity index (χ0n) is 19.9. The molecular formula is C29H30N2O3S. The fraction of sp³-hybridized carbons (Fsp3) is 0.276. The average Bonchev–Trinajstić information content (AvgIpc) is 3.14. The van der Waals surface area contributed by atoms with E-state index in [4.69, 9.17) is 9.40 Å². The second kappa shape index (κ2) is 10.1. The molecule has 1 fully saturated rings. The first-order valence-electron chi connectivity index (χ1n) is 12.2. The molecule has 0 atom stereocenters. The van der Waals surface area contributed by atoms with Gasteiger partial charge in [0.15, 0.2) is 0 Å². The van der Waals surface area contributed by atoms with E-state index >= 15 is 0 Å². The lowest BCUT2D eigenvalue weighted by Gasteiger charge is -2.20. The number of aromatic nitrogens is 1. The van der Waals surface area contributed by atoms with Crippen molar-refractivity contribution in [2.75, 3.05) is 18.0 Å². The summed E-state index contributed by atoms with van der Waals surface area (Å²) in [6.07, 6.45) is 4.27. The molecule has 2 heterocycles. The summed E-state index contributed by atoms with van der Waals surface area (Å²) in [6, 6.07) is 26.9. The molecule has 180 valence electrons. The number of oxazole rings is 1. The Morgan fingerprint density at radius 2 is 1.31 bits per heavy atom. The van der Waals surface area contributed by atoms with Crippen LogP contribution in [0.4, 0.5) is 5.88 Å². The standard InChI is InChI=1S/C29H30N2O3S/c1-22-16-18-25(19-17-22)35(32,33)28-29(31-20-10-2-3-11-21-31)34-27(30-28)26(23-12-6-4-7-13-23)24-14-8-5-9-15-24/h4-9,12-19,26H,2-3,10-11,20-21H2,1H3. The number of nitrogens with zero attached hydrogens (tertiary/aromatic N) is 2. The predicted molar refractivity (Wildman–Crippen MR) is 138 cm³/mol. The Morgan fingerprint density at radius 1 is 0.771 bits per heavy atom. The zero-order valence-corrected chi connectivity index (χ0v) is 20.7. The minimum atomic E-state index is -3.87. The highest BCUT2D eigenvalue weighted by Crippen LogP contribution is 2.38. The Kier molecular flexibility index (Phi) is 6.73. The first-order valence-corrected chi connectivity index (χ1v) is 13.7. The van der Waals surface area contributed by atoms with Crippen LogP contribution in [-0.2, 0) is 9.84 Å². The van der Waals surface area contributed by atoms with E-state index in [2.05, 4.69) is 4.90 Å². The van der Waals surface area contributed by atoms with Crippen LogP contribution in [0.2, 0.25) is 0 Å². The van der Waals surface area contributed by atoms with Gasteiger partial charge in [-0.3, -0.25) is 0 Å². The highest BCUT2D eigenvalue weighted by Gasteiger charge is 2.34. The first-order chi connectivity index (χ1) is 17.0. The lowest BCUT2D eigenvalue weighted by Crippen LogP contribution is -2.25. The molecule has 0 N–H and O–H groups in total. The van der Waals surface area contributed by atoms with E-state index in [1.807, 2.05) is 79.7 Å². The number of aryl methyl sites for hydroxylation is 1. The summed E-state index contributed by atoms with van der Waals surface area (Å²) in [4.78, 5) is 7.04. The normalized spacial score (nSPS) is 14.7. The molecule has 35 heavy (non-hydrogen) atoms. The highest BCUT2D eigenvalue weighted by molar-refractivity contribution is 7.91. The van der Waals surface area contributed by atoms with Gasteiger partial charge in [-0.2, -0.15) is 4.98 Å². The van der Waals surface area contributed by atoms with Crippen molar-refractivity contribution in [3.05, 3.63) is 108 Å². The van der Waals surface area contributed by atoms with E-state index in [1.165, 1.54) is 0 Å². The van der Waals surface area contributed by atoms with Crippen LogP contribution in [0.5, 0.6) is 0 Å². The van der Waals surface area contributed by atoms with Crippen molar-refractivity contribution in [3.8, 4) is 0 Å². The van der Waals surface area contributed by atoms with Crippen LogP contribution in [-0.4, -0.2) is 26.5 Å². The zero-order chi connectivity index (χ0) is 24.3. The summed E-state index contributed by atoms with van der Waals surface area (Å²) in [7, 11) is -3.87. The van der Waals surface area contributed by atoms with Crippen molar-refractivity contribution in [3.63, 3.8) is 0 Å². The minimum Gasteiger partial charge on any atom is -0.423 e. The maximum absolute atomic E-state index is 13.9. The second-order valence-electron chi connectivity index (χ2n) is 9.13. The van der Waals surface area contributed by atoms with Gasteiger partial charge in [-0.05, 0) is 43.0 Å². The number of benzene rings is 3. The van der Waals surface area contributed by atoms with E-state index in [0.29, 0.717) is 11.8 Å². The van der Waals surface area contributed by atoms with E-state index in [1.54, 1.807) is 12.1 Å². The lowest BCUT2D eigenvalue weighted by atomic mass is 9.91. The molecule has 4 aromatic rings. The largest absolute Gasteiger partial charge is 0.423 e. The van der Waals surface area contributed by atoms with Gasteiger partial charge in [-0.1, -0.05) is 91.2 Å². The third-order valence-corrected chi connectivity index (χ3v) is 8.26. The molecule has 1 aliphatic heterocycles. The molecule has 3 aromatic carbocycles. The predicted octanol–water partition coefficient (Wildman–Crippen LogP) is 6.38. The van der Waals surface area contributed by atoms with Crippen LogP contribution in [0.1, 0.15) is 54.2 Å². The molecule has 5 rings (SSSR count). The molecule has 5 nitrogen and oxygen atoms in total. The molecule has 1 saturated heterocycles. The summed E-state index contributed by atoms with van der Waals surface area (Å²) >= 11 is 0. The molecular weight excluding hydrogens is 456 g/mol. The van der Waals surface area contributed by atoms with Gasteiger partial charge >= 0.3 is 0 Å². The molecule has 0 bridgehead atoms. The summed E-state index contributed by atoms with van der Waals surface area (Å²) in [5.74, 6) is 0.441. The molecule has 0 amide bonds. The van der Waals surface area contributed by atoms with Crippen molar-refractivity contribution < 1.29 is 12.8 Å². The Balaban J connectivity index is 1.69. The SMILES string of the molecule is Cc1ccc(S(=O)(=O)c2nc(C(c3ccccc3)c3ccccc3)oc2N2CCCCCC2)cc1. The van der Waals surface area contributed by atoms with Gasteiger partial charge in [0.1, 0.15) is 0 Å². The van der Waals surface area contributed by atoms with Gasteiger partial charge in [0.25, 0.3) is 0 Å². The van der Waals surface area contributed by atoms with E-state index in [9.17, 15) is 8.42 Å². The Bertz CT molecular complexity index is 1320. The van der Waals surface area contributed by atoms with Crippen molar-refractivity contribution in [1.29, 1.82) is 0 Å². The molecule has 0 spiro atoms. The summed E-state index contributed by atoms with van der Waals surface area (Å²) in [6.45, 7) is 3.45. The van der Waals surface area contributed by atoms with Crippen molar-refractivity contribution in [2.45, 2.75) is 48.4 Å². The molecule has 1 aromatic heterocycles. The van der Waals surface area contributed by atoms with Crippen LogP contribution >= 0.6 is 0 Å². The molecule has 0 radical (unpaired) electrons. The van der Waals surface area contributed by atoms with Gasteiger partial charge in [0, 0.05) is 13.1 Å². The van der Waals surface area contributed by atoms with E-state index in [-0.39, 0.29) is 15.8 Å². The quantitative estimate of drug-likeness (QED) is 0.317. The van der Waals surface area contributed by atoms with Crippen LogP contribution in [0.15, 0.2) is 99.3 Å². The molecule has 1 aliphatic rings. The van der Waals surface area contributed by atoms with Crippen molar-refractivity contribution >= 4 is 15.7 Å². The number of rotatable bonds is 6. The molecule has 0 saturated carbocycles. The molecule has 0 unspecified atom stereocenters. The third-order valence-electron chi connectivity index (χ3n) is 6.59.